The van der Waals surface area contributed by atoms with Crippen LogP contribution in [-0.4, -0.2) is 37.7 Å². The van der Waals surface area contributed by atoms with Gasteiger partial charge in [-0.2, -0.15) is 0 Å². The van der Waals surface area contributed by atoms with Crippen molar-refractivity contribution in [1.29, 1.82) is 0 Å². The van der Waals surface area contributed by atoms with Crippen LogP contribution in [0.5, 0.6) is 0 Å². The molecule has 3 heterocycles. The standard InChI is InChI=1S/C13H16BrN5O3/c1-3-7-8(21-6(2)20)4-9(22-7)19-12-10(18-13(19)14)11(15)16-5-17-12/h5,7-9H,3-4H2,1-2H3,(H2,15,16,17)/t7-,8?,9-/m1/s1. The molecule has 1 unspecified atom stereocenters. The molecule has 8 nitrogen and oxygen atoms in total. The van der Waals surface area contributed by atoms with Crippen molar-refractivity contribution in [2.75, 3.05) is 5.73 Å². The van der Waals surface area contributed by atoms with Crippen LogP contribution in [0, 0.1) is 0 Å². The summed E-state index contributed by atoms with van der Waals surface area (Å²) in [7, 11) is 0. The predicted molar refractivity (Wildman–Crippen MR) is 81.8 cm³/mol. The van der Waals surface area contributed by atoms with E-state index in [0.717, 1.165) is 6.42 Å². The smallest absolute Gasteiger partial charge is 0.302 e. The number of nitrogen functional groups attached to an aromatic ring is 1. The number of nitrogens with zero attached hydrogens (tertiary/aromatic N) is 4. The third-order valence-electron chi connectivity index (χ3n) is 3.65. The lowest BCUT2D eigenvalue weighted by Gasteiger charge is -2.16. The van der Waals surface area contributed by atoms with Crippen molar-refractivity contribution in [2.24, 2.45) is 0 Å². The van der Waals surface area contributed by atoms with Gasteiger partial charge in [0.1, 0.15) is 18.7 Å². The predicted octanol–water partition coefficient (Wildman–Crippen LogP) is 1.80. The van der Waals surface area contributed by atoms with Crippen molar-refractivity contribution >= 4 is 38.9 Å². The van der Waals surface area contributed by atoms with Gasteiger partial charge in [0.25, 0.3) is 0 Å². The number of halogens is 1. The van der Waals surface area contributed by atoms with E-state index in [4.69, 9.17) is 15.2 Å². The van der Waals surface area contributed by atoms with Gasteiger partial charge in [0, 0.05) is 13.3 Å². The molecule has 0 amide bonds. The van der Waals surface area contributed by atoms with Crippen LogP contribution in [0.3, 0.4) is 0 Å². The second-order valence-corrected chi connectivity index (χ2v) is 5.81. The Hall–Kier alpha value is -1.74. The minimum absolute atomic E-state index is 0.155. The van der Waals surface area contributed by atoms with Gasteiger partial charge in [-0.1, -0.05) is 6.92 Å². The van der Waals surface area contributed by atoms with E-state index in [9.17, 15) is 4.79 Å². The Kier molecular flexibility index (Phi) is 4.00. The minimum atomic E-state index is -0.331. The van der Waals surface area contributed by atoms with Crippen LogP contribution in [0.15, 0.2) is 11.1 Å². The molecule has 0 aliphatic carbocycles. The number of hydrogen-bond acceptors (Lipinski definition) is 7. The molecule has 22 heavy (non-hydrogen) atoms. The topological polar surface area (TPSA) is 105 Å². The number of rotatable bonds is 3. The second kappa shape index (κ2) is 5.81. The molecular formula is C13H16BrN5O3. The van der Waals surface area contributed by atoms with Gasteiger partial charge < -0.3 is 15.2 Å². The quantitative estimate of drug-likeness (QED) is 0.649. The number of fused-ring (bicyclic) bond motifs is 1. The van der Waals surface area contributed by atoms with Crippen molar-refractivity contribution in [3.8, 4) is 0 Å². The third-order valence-corrected chi connectivity index (χ3v) is 4.21. The van der Waals surface area contributed by atoms with Crippen molar-refractivity contribution < 1.29 is 14.3 Å². The van der Waals surface area contributed by atoms with Gasteiger partial charge in [-0.25, -0.2) is 15.0 Å². The molecule has 0 saturated carbocycles. The molecule has 118 valence electrons. The molecule has 0 aromatic carbocycles. The molecule has 0 radical (unpaired) electrons. The largest absolute Gasteiger partial charge is 0.460 e. The van der Waals surface area contributed by atoms with Crippen LogP contribution in [0.1, 0.15) is 32.9 Å². The van der Waals surface area contributed by atoms with Crippen LogP contribution in [0.2, 0.25) is 0 Å². The van der Waals surface area contributed by atoms with E-state index in [1.54, 1.807) is 4.57 Å². The summed E-state index contributed by atoms with van der Waals surface area (Å²) in [5.74, 6) is -0.000140. The minimum Gasteiger partial charge on any atom is -0.460 e. The molecule has 2 N–H and O–H groups in total. The molecule has 0 bridgehead atoms. The summed E-state index contributed by atoms with van der Waals surface area (Å²) < 4.78 is 13.7. The van der Waals surface area contributed by atoms with Crippen molar-refractivity contribution in [1.82, 2.24) is 19.5 Å². The molecule has 2 aromatic heterocycles. The van der Waals surface area contributed by atoms with Gasteiger partial charge in [0.15, 0.2) is 21.7 Å². The first-order valence-electron chi connectivity index (χ1n) is 6.97. The lowest BCUT2D eigenvalue weighted by Crippen LogP contribution is -2.25. The maximum atomic E-state index is 11.2. The molecule has 0 spiro atoms. The average Bonchev–Trinajstić information content (AvgIpc) is 2.99. The van der Waals surface area contributed by atoms with Crippen LogP contribution in [-0.2, 0) is 14.3 Å². The van der Waals surface area contributed by atoms with Gasteiger partial charge in [-0.3, -0.25) is 9.36 Å². The number of esters is 1. The van der Waals surface area contributed by atoms with Gasteiger partial charge in [0.2, 0.25) is 0 Å². The van der Waals surface area contributed by atoms with E-state index in [2.05, 4.69) is 30.9 Å². The molecule has 9 heteroatoms. The summed E-state index contributed by atoms with van der Waals surface area (Å²) in [6, 6.07) is 0. The molecule has 1 aliphatic rings. The lowest BCUT2D eigenvalue weighted by molar-refractivity contribution is -0.149. The highest BCUT2D eigenvalue weighted by Crippen LogP contribution is 2.36. The molecule has 1 fully saturated rings. The molecule has 2 aromatic rings. The van der Waals surface area contributed by atoms with Crippen molar-refractivity contribution in [2.45, 2.75) is 45.1 Å². The summed E-state index contributed by atoms with van der Waals surface area (Å²) in [4.78, 5) is 23.7. The lowest BCUT2D eigenvalue weighted by atomic mass is 10.1. The Morgan fingerprint density at radius 2 is 2.36 bits per heavy atom. The Morgan fingerprint density at radius 3 is 3.05 bits per heavy atom. The number of hydrogen-bond donors (Lipinski definition) is 1. The van der Waals surface area contributed by atoms with Crippen molar-refractivity contribution in [3.05, 3.63) is 11.1 Å². The fourth-order valence-electron chi connectivity index (χ4n) is 2.71. The summed E-state index contributed by atoms with van der Waals surface area (Å²) in [5, 5.41) is 0. The maximum Gasteiger partial charge on any atom is 0.302 e. The normalized spacial score (nSPS) is 24.8. The number of imidazole rings is 1. The zero-order valence-electron chi connectivity index (χ0n) is 12.2. The van der Waals surface area contributed by atoms with Gasteiger partial charge >= 0.3 is 5.97 Å². The average molecular weight is 370 g/mol. The van der Waals surface area contributed by atoms with E-state index in [-0.39, 0.29) is 24.4 Å². The monoisotopic (exact) mass is 369 g/mol. The van der Waals surface area contributed by atoms with E-state index < -0.39 is 0 Å². The van der Waals surface area contributed by atoms with Gasteiger partial charge in [0.05, 0.1) is 6.10 Å². The van der Waals surface area contributed by atoms with E-state index in [1.807, 2.05) is 6.92 Å². The molecule has 1 aliphatic heterocycles. The fourth-order valence-corrected chi connectivity index (χ4v) is 3.29. The highest BCUT2D eigenvalue weighted by Gasteiger charge is 2.39. The summed E-state index contributed by atoms with van der Waals surface area (Å²) in [6.07, 6.45) is 1.90. The summed E-state index contributed by atoms with van der Waals surface area (Å²) in [6.45, 7) is 3.39. The van der Waals surface area contributed by atoms with Gasteiger partial charge in [-0.15, -0.1) is 0 Å². The van der Waals surface area contributed by atoms with E-state index in [1.165, 1.54) is 13.3 Å². The second-order valence-electron chi connectivity index (χ2n) is 5.10. The number of anilines is 1. The zero-order chi connectivity index (χ0) is 15.9. The first kappa shape index (κ1) is 15.2. The van der Waals surface area contributed by atoms with Crippen molar-refractivity contribution in [3.63, 3.8) is 0 Å². The maximum absolute atomic E-state index is 11.2. The number of aromatic nitrogens is 4. The van der Waals surface area contributed by atoms with Crippen LogP contribution in [0.25, 0.3) is 11.2 Å². The van der Waals surface area contributed by atoms with Crippen LogP contribution in [0.4, 0.5) is 5.82 Å². The fraction of sp³-hybridized carbons (Fsp3) is 0.538. The zero-order valence-corrected chi connectivity index (χ0v) is 13.8. The Balaban J connectivity index is 1.97. The van der Waals surface area contributed by atoms with Gasteiger partial charge in [-0.05, 0) is 22.4 Å². The summed E-state index contributed by atoms with van der Waals surface area (Å²) >= 11 is 3.41. The first-order chi connectivity index (χ1) is 10.5. The SMILES string of the molecule is CC[C@H]1O[C@@H](n2c(Br)nc3c(N)ncnc32)CC1OC(C)=O. The Labute approximate surface area is 135 Å². The molecule has 1 saturated heterocycles. The highest BCUT2D eigenvalue weighted by atomic mass is 79.9. The third kappa shape index (κ3) is 2.54. The number of carbonyl (C=O) groups excluding carboxylic acids is 1. The Bertz CT molecular complexity index is 719. The summed E-state index contributed by atoms with van der Waals surface area (Å²) in [5.41, 5.74) is 6.93. The number of carbonyl (C=O) groups is 1. The van der Waals surface area contributed by atoms with Crippen LogP contribution < -0.4 is 5.73 Å². The number of nitrogens with two attached hydrogens (primary N) is 1. The van der Waals surface area contributed by atoms with Crippen LogP contribution >= 0.6 is 15.9 Å². The first-order valence-corrected chi connectivity index (χ1v) is 7.77. The van der Waals surface area contributed by atoms with E-state index in [0.29, 0.717) is 28.1 Å². The highest BCUT2D eigenvalue weighted by molar-refractivity contribution is 9.10. The molecular weight excluding hydrogens is 354 g/mol. The Morgan fingerprint density at radius 1 is 1.59 bits per heavy atom. The molecule has 3 atom stereocenters. The van der Waals surface area contributed by atoms with E-state index >= 15 is 0 Å². The molecule has 3 rings (SSSR count). The number of ether oxygens (including phenoxy) is 2.